The van der Waals surface area contributed by atoms with Crippen molar-refractivity contribution in [2.24, 2.45) is 0 Å². The van der Waals surface area contributed by atoms with Gasteiger partial charge >= 0.3 is 0 Å². The van der Waals surface area contributed by atoms with Crippen LogP contribution >= 0.6 is 22.9 Å². The lowest BCUT2D eigenvalue weighted by molar-refractivity contribution is -0.122. The largest absolute Gasteiger partial charge is 0.481 e. The molecule has 0 bridgehead atoms. The van der Waals surface area contributed by atoms with Crippen molar-refractivity contribution in [3.05, 3.63) is 59.1 Å². The molecule has 2 aromatic carbocycles. The molecular formula is C19H16ClN5O2S. The Hall–Kier alpha value is -2.97. The van der Waals surface area contributed by atoms with Crippen LogP contribution in [0.15, 0.2) is 48.5 Å². The molecule has 9 heteroatoms. The maximum atomic E-state index is 12.4. The number of nitrogens with zero attached hydrogens (tertiary/aromatic N) is 4. The van der Waals surface area contributed by atoms with Gasteiger partial charge in [-0.1, -0.05) is 40.6 Å². The van der Waals surface area contributed by atoms with Gasteiger partial charge in [0.2, 0.25) is 10.1 Å². The number of hydrogen-bond acceptors (Lipinski definition) is 6. The van der Waals surface area contributed by atoms with Crippen molar-refractivity contribution in [1.82, 2.24) is 19.8 Å². The lowest BCUT2D eigenvalue weighted by atomic mass is 10.2. The second kappa shape index (κ2) is 7.57. The van der Waals surface area contributed by atoms with Gasteiger partial charge in [-0.3, -0.25) is 10.1 Å². The Balaban J connectivity index is 1.49. The third-order valence-electron chi connectivity index (χ3n) is 4.03. The Morgan fingerprint density at radius 3 is 2.57 bits per heavy atom. The molecule has 2 aromatic heterocycles. The number of fused-ring (bicyclic) bond motifs is 1. The molecule has 0 radical (unpaired) electrons. The van der Waals surface area contributed by atoms with E-state index in [1.165, 1.54) is 11.3 Å². The average molecular weight is 414 g/mol. The summed E-state index contributed by atoms with van der Waals surface area (Å²) in [6, 6.07) is 14.8. The van der Waals surface area contributed by atoms with Gasteiger partial charge in [-0.2, -0.15) is 4.52 Å². The van der Waals surface area contributed by atoms with E-state index in [0.29, 0.717) is 26.7 Å². The molecule has 4 aromatic rings. The molecule has 0 spiro atoms. The lowest BCUT2D eigenvalue weighted by Gasteiger charge is -2.13. The van der Waals surface area contributed by atoms with E-state index < -0.39 is 6.10 Å². The summed E-state index contributed by atoms with van der Waals surface area (Å²) < 4.78 is 7.27. The summed E-state index contributed by atoms with van der Waals surface area (Å²) in [5, 5.41) is 16.5. The van der Waals surface area contributed by atoms with Gasteiger partial charge in [-0.25, -0.2) is 0 Å². The van der Waals surface area contributed by atoms with E-state index in [4.69, 9.17) is 16.3 Å². The van der Waals surface area contributed by atoms with Crippen molar-refractivity contribution in [1.29, 1.82) is 0 Å². The zero-order chi connectivity index (χ0) is 19.7. The third-order valence-corrected chi connectivity index (χ3v) is 5.09. The monoisotopic (exact) mass is 413 g/mol. The van der Waals surface area contributed by atoms with Crippen molar-refractivity contribution in [3.63, 3.8) is 0 Å². The Morgan fingerprint density at radius 1 is 1.14 bits per heavy atom. The standard InChI is InChI=1S/C19H16ClN5O2S/c1-11-3-9-15(10-4-11)27-12(2)17(26)21-18-24-25-16(22-23-19(25)28-18)13-5-7-14(20)8-6-13/h3-10,12H,1-2H3,(H,21,24,26). The van der Waals surface area contributed by atoms with Crippen LogP contribution < -0.4 is 10.1 Å². The molecule has 0 fully saturated rings. The molecule has 142 valence electrons. The summed E-state index contributed by atoms with van der Waals surface area (Å²) in [4.78, 5) is 13.0. The second-order valence-corrected chi connectivity index (χ2v) is 7.59. The van der Waals surface area contributed by atoms with Crippen molar-refractivity contribution >= 4 is 38.9 Å². The predicted molar refractivity (Wildman–Crippen MR) is 109 cm³/mol. The highest BCUT2D eigenvalue weighted by atomic mass is 35.5. The molecule has 0 saturated heterocycles. The molecule has 1 atom stereocenters. The van der Waals surface area contributed by atoms with E-state index in [0.717, 1.165) is 11.1 Å². The number of carbonyl (C=O) groups is 1. The first kappa shape index (κ1) is 18.4. The summed E-state index contributed by atoms with van der Waals surface area (Å²) in [5.41, 5.74) is 1.96. The number of anilines is 1. The maximum Gasteiger partial charge on any atom is 0.266 e. The van der Waals surface area contributed by atoms with Gasteiger partial charge in [-0.05, 0) is 50.2 Å². The highest BCUT2D eigenvalue weighted by Crippen LogP contribution is 2.25. The Morgan fingerprint density at radius 2 is 1.86 bits per heavy atom. The van der Waals surface area contributed by atoms with E-state index in [1.54, 1.807) is 23.6 Å². The number of aromatic nitrogens is 4. The second-order valence-electron chi connectivity index (χ2n) is 6.19. The molecule has 0 aliphatic carbocycles. The number of hydrogen-bond donors (Lipinski definition) is 1. The molecule has 1 unspecified atom stereocenters. The summed E-state index contributed by atoms with van der Waals surface area (Å²) >= 11 is 7.17. The summed E-state index contributed by atoms with van der Waals surface area (Å²) in [6.07, 6.45) is -0.673. The fourth-order valence-corrected chi connectivity index (χ4v) is 3.40. The first-order valence-electron chi connectivity index (χ1n) is 8.52. The van der Waals surface area contributed by atoms with Gasteiger partial charge < -0.3 is 4.74 Å². The average Bonchev–Trinajstić information content (AvgIpc) is 3.24. The van der Waals surface area contributed by atoms with Crippen LogP contribution in [0.2, 0.25) is 5.02 Å². The highest BCUT2D eigenvalue weighted by molar-refractivity contribution is 7.20. The first-order chi connectivity index (χ1) is 13.5. The zero-order valence-corrected chi connectivity index (χ0v) is 16.7. The van der Waals surface area contributed by atoms with Crippen LogP contribution in [0.1, 0.15) is 12.5 Å². The number of ether oxygens (including phenoxy) is 1. The van der Waals surface area contributed by atoms with Crippen LogP contribution in [0.4, 0.5) is 5.13 Å². The minimum atomic E-state index is -0.673. The SMILES string of the molecule is Cc1ccc(OC(C)C(=O)Nc2nn3c(-c4ccc(Cl)cc4)nnc3s2)cc1. The summed E-state index contributed by atoms with van der Waals surface area (Å²) in [6.45, 7) is 3.68. The number of aryl methyl sites for hydroxylation is 1. The van der Waals surface area contributed by atoms with Gasteiger partial charge in [0.1, 0.15) is 5.75 Å². The molecular weight excluding hydrogens is 398 g/mol. The van der Waals surface area contributed by atoms with Crippen LogP contribution in [0.25, 0.3) is 16.3 Å². The molecule has 28 heavy (non-hydrogen) atoms. The molecule has 0 aliphatic rings. The van der Waals surface area contributed by atoms with E-state index >= 15 is 0 Å². The van der Waals surface area contributed by atoms with Gasteiger partial charge in [0.05, 0.1) is 0 Å². The number of amides is 1. The highest BCUT2D eigenvalue weighted by Gasteiger charge is 2.19. The fraction of sp³-hybridized carbons (Fsp3) is 0.158. The first-order valence-corrected chi connectivity index (χ1v) is 9.71. The summed E-state index contributed by atoms with van der Waals surface area (Å²) in [5.74, 6) is 0.919. The van der Waals surface area contributed by atoms with E-state index in [2.05, 4.69) is 20.6 Å². The van der Waals surface area contributed by atoms with Crippen molar-refractivity contribution < 1.29 is 9.53 Å². The van der Waals surface area contributed by atoms with E-state index in [9.17, 15) is 4.79 Å². The van der Waals surface area contributed by atoms with Crippen LogP contribution in [-0.4, -0.2) is 31.8 Å². The van der Waals surface area contributed by atoms with Gasteiger partial charge in [0.15, 0.2) is 11.9 Å². The Labute approximate surface area is 169 Å². The fourth-order valence-electron chi connectivity index (χ4n) is 2.53. The minimum Gasteiger partial charge on any atom is -0.481 e. The molecule has 7 nitrogen and oxygen atoms in total. The van der Waals surface area contributed by atoms with Crippen LogP contribution in [0.3, 0.4) is 0 Å². The predicted octanol–water partition coefficient (Wildman–Crippen LogP) is 4.22. The lowest BCUT2D eigenvalue weighted by Crippen LogP contribution is -2.30. The maximum absolute atomic E-state index is 12.4. The number of rotatable bonds is 5. The number of carbonyl (C=O) groups excluding carboxylic acids is 1. The molecule has 1 amide bonds. The van der Waals surface area contributed by atoms with Crippen LogP contribution in [0.5, 0.6) is 5.75 Å². The topological polar surface area (TPSA) is 81.4 Å². The van der Waals surface area contributed by atoms with Gasteiger partial charge in [0, 0.05) is 10.6 Å². The van der Waals surface area contributed by atoms with Crippen LogP contribution in [0, 0.1) is 6.92 Å². The van der Waals surface area contributed by atoms with Crippen LogP contribution in [-0.2, 0) is 4.79 Å². The Kier molecular flexibility index (Phi) is 4.97. The molecule has 0 saturated carbocycles. The minimum absolute atomic E-state index is 0.293. The normalized spacial score (nSPS) is 12.1. The summed E-state index contributed by atoms with van der Waals surface area (Å²) in [7, 11) is 0. The van der Waals surface area contributed by atoms with E-state index in [1.807, 2.05) is 43.3 Å². The smallest absolute Gasteiger partial charge is 0.266 e. The van der Waals surface area contributed by atoms with Crippen molar-refractivity contribution in [2.75, 3.05) is 5.32 Å². The van der Waals surface area contributed by atoms with Gasteiger partial charge in [0.25, 0.3) is 5.91 Å². The zero-order valence-electron chi connectivity index (χ0n) is 15.1. The van der Waals surface area contributed by atoms with E-state index in [-0.39, 0.29) is 5.91 Å². The molecule has 0 aliphatic heterocycles. The Bertz CT molecular complexity index is 1120. The molecule has 1 N–H and O–H groups in total. The van der Waals surface area contributed by atoms with Crippen molar-refractivity contribution in [2.45, 2.75) is 20.0 Å². The number of benzene rings is 2. The number of nitrogens with one attached hydrogen (secondary N) is 1. The number of halogens is 1. The third kappa shape index (κ3) is 3.83. The van der Waals surface area contributed by atoms with Gasteiger partial charge in [-0.15, -0.1) is 15.3 Å². The quantitative estimate of drug-likeness (QED) is 0.529. The molecule has 2 heterocycles. The molecule has 4 rings (SSSR count). The van der Waals surface area contributed by atoms with Crippen molar-refractivity contribution in [3.8, 4) is 17.1 Å².